The van der Waals surface area contributed by atoms with E-state index in [-0.39, 0.29) is 37.0 Å². The second kappa shape index (κ2) is 13.1. The molecule has 9 heteroatoms. The smallest absolute Gasteiger partial charge is 0.420 e. The molecule has 0 atom stereocenters. The maximum atomic E-state index is 12.3. The fourth-order valence-corrected chi connectivity index (χ4v) is 2.19. The van der Waals surface area contributed by atoms with E-state index >= 15 is 0 Å². The molecule has 0 aliphatic heterocycles. The zero-order valence-electron chi connectivity index (χ0n) is 17.8. The highest BCUT2D eigenvalue weighted by atomic mass is 16.6. The van der Waals surface area contributed by atoms with Crippen molar-refractivity contribution in [1.29, 1.82) is 0 Å². The van der Waals surface area contributed by atoms with Crippen molar-refractivity contribution >= 4 is 18.0 Å². The Kier molecular flexibility index (Phi) is 10.8. The molecule has 0 spiro atoms. The molecule has 164 valence electrons. The van der Waals surface area contributed by atoms with Crippen LogP contribution in [-0.2, 0) is 9.53 Å². The first-order valence-electron chi connectivity index (χ1n) is 9.57. The van der Waals surface area contributed by atoms with E-state index in [1.54, 1.807) is 6.92 Å². The van der Waals surface area contributed by atoms with Crippen molar-refractivity contribution in [3.63, 3.8) is 0 Å². The van der Waals surface area contributed by atoms with Crippen LogP contribution in [-0.4, -0.2) is 42.7 Å². The minimum atomic E-state index is -1.05. The maximum absolute atomic E-state index is 12.3. The average molecular weight is 419 g/mol. The SMILES string of the molecule is CCOc1cc(C(=O)OC/C=C(\C)CCC=C(C)C)cnc1OC(=O)NC(=O)CN. The fourth-order valence-electron chi connectivity index (χ4n) is 2.19. The van der Waals surface area contributed by atoms with Crippen LogP contribution in [0.5, 0.6) is 11.6 Å². The summed E-state index contributed by atoms with van der Waals surface area (Å²) in [7, 11) is 0. The Hall–Kier alpha value is -3.20. The summed E-state index contributed by atoms with van der Waals surface area (Å²) in [4.78, 5) is 39.0. The molecule has 2 amide bonds. The predicted octanol–water partition coefficient (Wildman–Crippen LogP) is 2.90. The number of pyridine rings is 1. The number of hydrogen-bond donors (Lipinski definition) is 2. The third-order valence-electron chi connectivity index (χ3n) is 3.71. The molecule has 30 heavy (non-hydrogen) atoms. The molecule has 0 aliphatic rings. The lowest BCUT2D eigenvalue weighted by molar-refractivity contribution is -0.118. The number of nitrogens with zero attached hydrogens (tertiary/aromatic N) is 1. The highest BCUT2D eigenvalue weighted by Gasteiger charge is 2.17. The van der Waals surface area contributed by atoms with Crippen molar-refractivity contribution in [1.82, 2.24) is 10.3 Å². The van der Waals surface area contributed by atoms with Gasteiger partial charge in [0.2, 0.25) is 5.91 Å². The summed E-state index contributed by atoms with van der Waals surface area (Å²) in [5.41, 5.74) is 7.65. The van der Waals surface area contributed by atoms with E-state index in [0.717, 1.165) is 18.4 Å². The van der Waals surface area contributed by atoms with E-state index in [4.69, 9.17) is 19.9 Å². The van der Waals surface area contributed by atoms with E-state index in [2.05, 4.69) is 11.1 Å². The maximum Gasteiger partial charge on any atom is 0.420 e. The van der Waals surface area contributed by atoms with Crippen LogP contribution in [0.2, 0.25) is 0 Å². The Bertz CT molecular complexity index is 813. The monoisotopic (exact) mass is 419 g/mol. The first kappa shape index (κ1) is 24.8. The molecule has 0 saturated heterocycles. The summed E-state index contributed by atoms with van der Waals surface area (Å²) in [6.07, 6.45) is 5.97. The second-order valence-corrected chi connectivity index (χ2v) is 6.57. The third-order valence-corrected chi connectivity index (χ3v) is 3.71. The number of amides is 2. The summed E-state index contributed by atoms with van der Waals surface area (Å²) < 4.78 is 15.5. The van der Waals surface area contributed by atoms with Crippen LogP contribution < -0.4 is 20.5 Å². The molecule has 0 fully saturated rings. The number of allylic oxidation sites excluding steroid dienone is 3. The second-order valence-electron chi connectivity index (χ2n) is 6.57. The Morgan fingerprint density at radius 2 is 1.93 bits per heavy atom. The molecule has 9 nitrogen and oxygen atoms in total. The lowest BCUT2D eigenvalue weighted by Gasteiger charge is -2.11. The van der Waals surface area contributed by atoms with Gasteiger partial charge in [0, 0.05) is 12.3 Å². The molecular weight excluding hydrogens is 390 g/mol. The topological polar surface area (TPSA) is 130 Å². The molecule has 0 bridgehead atoms. The molecule has 0 aliphatic carbocycles. The van der Waals surface area contributed by atoms with Gasteiger partial charge in [0.25, 0.3) is 5.88 Å². The van der Waals surface area contributed by atoms with Gasteiger partial charge in [-0.1, -0.05) is 17.2 Å². The van der Waals surface area contributed by atoms with Crippen LogP contribution in [0.15, 0.2) is 35.6 Å². The number of aromatic nitrogens is 1. The highest BCUT2D eigenvalue weighted by molar-refractivity contribution is 5.93. The number of esters is 1. The van der Waals surface area contributed by atoms with Crippen molar-refractivity contribution in [3.05, 3.63) is 41.1 Å². The van der Waals surface area contributed by atoms with Crippen LogP contribution in [0.1, 0.15) is 50.9 Å². The number of nitrogens with two attached hydrogens (primary N) is 1. The van der Waals surface area contributed by atoms with Crippen LogP contribution >= 0.6 is 0 Å². The number of ether oxygens (including phenoxy) is 3. The molecule has 1 heterocycles. The number of carbonyl (C=O) groups excluding carboxylic acids is 3. The van der Waals surface area contributed by atoms with Gasteiger partial charge in [-0.3, -0.25) is 10.1 Å². The average Bonchev–Trinajstić information content (AvgIpc) is 2.68. The number of rotatable bonds is 10. The van der Waals surface area contributed by atoms with Crippen LogP contribution in [0.4, 0.5) is 4.79 Å². The summed E-state index contributed by atoms with van der Waals surface area (Å²) >= 11 is 0. The highest BCUT2D eigenvalue weighted by Crippen LogP contribution is 2.26. The number of carbonyl (C=O) groups is 3. The number of hydrogen-bond acceptors (Lipinski definition) is 8. The van der Waals surface area contributed by atoms with Gasteiger partial charge < -0.3 is 19.9 Å². The molecule has 0 saturated carbocycles. The molecule has 1 aromatic heterocycles. The molecule has 0 unspecified atom stereocenters. The molecule has 1 rings (SSSR count). The van der Waals surface area contributed by atoms with Gasteiger partial charge in [-0.05, 0) is 46.6 Å². The van der Waals surface area contributed by atoms with Crippen molar-refractivity contribution in [2.45, 2.75) is 40.5 Å². The molecule has 0 radical (unpaired) electrons. The quantitative estimate of drug-likeness (QED) is 0.437. The van der Waals surface area contributed by atoms with Crippen molar-refractivity contribution < 1.29 is 28.6 Å². The van der Waals surface area contributed by atoms with Crippen LogP contribution in [0, 0.1) is 0 Å². The fraction of sp³-hybridized carbons (Fsp3) is 0.429. The third kappa shape index (κ3) is 9.33. The summed E-state index contributed by atoms with van der Waals surface area (Å²) in [5.74, 6) is -1.42. The van der Waals surface area contributed by atoms with Gasteiger partial charge >= 0.3 is 12.1 Å². The Balaban J connectivity index is 2.74. The molecule has 0 aromatic carbocycles. The zero-order valence-corrected chi connectivity index (χ0v) is 17.8. The Labute approximate surface area is 176 Å². The predicted molar refractivity (Wildman–Crippen MR) is 111 cm³/mol. The van der Waals surface area contributed by atoms with Gasteiger partial charge in [-0.15, -0.1) is 0 Å². The Morgan fingerprint density at radius 3 is 2.57 bits per heavy atom. The van der Waals surface area contributed by atoms with Gasteiger partial charge in [0.1, 0.15) is 6.61 Å². The lowest BCUT2D eigenvalue weighted by atomic mass is 10.1. The van der Waals surface area contributed by atoms with E-state index in [9.17, 15) is 14.4 Å². The minimum Gasteiger partial charge on any atom is -0.488 e. The van der Waals surface area contributed by atoms with Crippen LogP contribution in [0.3, 0.4) is 0 Å². The van der Waals surface area contributed by atoms with E-state index < -0.39 is 18.0 Å². The zero-order chi connectivity index (χ0) is 22.5. The number of nitrogens with one attached hydrogen (secondary N) is 1. The summed E-state index contributed by atoms with van der Waals surface area (Å²) in [6.45, 7) is 7.80. The summed E-state index contributed by atoms with van der Waals surface area (Å²) in [6, 6.07) is 1.36. The first-order chi connectivity index (χ1) is 14.3. The largest absolute Gasteiger partial charge is 0.488 e. The van der Waals surface area contributed by atoms with Crippen molar-refractivity contribution in [3.8, 4) is 11.6 Å². The van der Waals surface area contributed by atoms with E-state index in [0.29, 0.717) is 0 Å². The molecular formula is C21H29N3O6. The van der Waals surface area contributed by atoms with E-state index in [1.165, 1.54) is 17.8 Å². The van der Waals surface area contributed by atoms with Gasteiger partial charge in [0.15, 0.2) is 5.75 Å². The Morgan fingerprint density at radius 1 is 1.20 bits per heavy atom. The number of imide groups is 1. The van der Waals surface area contributed by atoms with Crippen LogP contribution in [0.25, 0.3) is 0 Å². The summed E-state index contributed by atoms with van der Waals surface area (Å²) in [5, 5.41) is 1.92. The van der Waals surface area contributed by atoms with Crippen molar-refractivity contribution in [2.24, 2.45) is 5.73 Å². The van der Waals surface area contributed by atoms with Crippen molar-refractivity contribution in [2.75, 3.05) is 19.8 Å². The molecule has 1 aromatic rings. The standard InChI is InChI=1S/C21H29N3O6/c1-5-28-17-11-16(13-23-19(17)30-21(27)24-18(25)12-22)20(26)29-10-9-15(4)8-6-7-14(2)3/h7,9,11,13H,5-6,8,10,12,22H2,1-4H3,(H,24,25,27)/b15-9+. The van der Waals surface area contributed by atoms with Gasteiger partial charge in [-0.25, -0.2) is 14.6 Å². The van der Waals surface area contributed by atoms with Gasteiger partial charge in [-0.2, -0.15) is 0 Å². The molecule has 3 N–H and O–H groups in total. The normalized spacial score (nSPS) is 10.8. The van der Waals surface area contributed by atoms with Gasteiger partial charge in [0.05, 0.1) is 18.7 Å². The first-order valence-corrected chi connectivity index (χ1v) is 9.57. The lowest BCUT2D eigenvalue weighted by Crippen LogP contribution is -2.37. The van der Waals surface area contributed by atoms with E-state index in [1.807, 2.05) is 32.2 Å². The minimum absolute atomic E-state index is 0.0655.